The summed E-state index contributed by atoms with van der Waals surface area (Å²) in [6.07, 6.45) is 0. The molecule has 1 N–H and O–H groups in total. The Labute approximate surface area is 158 Å². The van der Waals surface area contributed by atoms with Gasteiger partial charge in [-0.15, -0.1) is 0 Å². The summed E-state index contributed by atoms with van der Waals surface area (Å²) in [6.45, 7) is 1.62. The van der Waals surface area contributed by atoms with E-state index in [1.165, 1.54) is 26.0 Å². The number of nitrogens with zero attached hydrogens (tertiary/aromatic N) is 1. The lowest BCUT2D eigenvalue weighted by molar-refractivity contribution is -0.123. The predicted octanol–water partition coefficient (Wildman–Crippen LogP) is 2.38. The molecule has 0 fully saturated rings. The number of carbonyl (C=O) groups is 2. The molecule has 0 radical (unpaired) electrons. The van der Waals surface area contributed by atoms with Crippen LogP contribution in [0.4, 0.5) is 5.69 Å². The normalized spacial score (nSPS) is 10.1. The fraction of sp³-hybridized carbons (Fsp3) is 0.300. The minimum absolute atomic E-state index is 0.130. The highest BCUT2D eigenvalue weighted by Gasteiger charge is 2.20. The van der Waals surface area contributed by atoms with Crippen molar-refractivity contribution in [2.24, 2.45) is 0 Å². The highest BCUT2D eigenvalue weighted by molar-refractivity contribution is 5.98. The van der Waals surface area contributed by atoms with Crippen LogP contribution in [0.15, 0.2) is 42.5 Å². The van der Waals surface area contributed by atoms with Crippen molar-refractivity contribution in [3.8, 4) is 17.2 Å². The Morgan fingerprint density at radius 1 is 0.926 bits per heavy atom. The first-order chi connectivity index (χ1) is 13.0. The van der Waals surface area contributed by atoms with Gasteiger partial charge in [0.25, 0.3) is 0 Å². The van der Waals surface area contributed by atoms with E-state index in [9.17, 15) is 9.59 Å². The second-order valence-electron chi connectivity index (χ2n) is 5.77. The molecule has 0 aliphatic rings. The number of amides is 2. The number of nitrogens with one attached hydrogen (secondary N) is 1. The monoisotopic (exact) mass is 372 g/mol. The highest BCUT2D eigenvalue weighted by Crippen LogP contribution is 2.32. The molecule has 0 atom stereocenters. The standard InChI is InChI=1S/C20H24N2O5/c1-14(23)22(18-11-17(26-3)9-10-19(18)27-4)13-20(24)21-12-15-5-7-16(25-2)8-6-15/h5-11H,12-13H2,1-4H3,(H,21,24). The summed E-state index contributed by atoms with van der Waals surface area (Å²) in [4.78, 5) is 25.9. The zero-order valence-corrected chi connectivity index (χ0v) is 15.9. The molecule has 2 rings (SSSR count). The Morgan fingerprint density at radius 2 is 1.56 bits per heavy atom. The van der Waals surface area contributed by atoms with E-state index in [4.69, 9.17) is 14.2 Å². The lowest BCUT2D eigenvalue weighted by Crippen LogP contribution is -2.39. The first kappa shape index (κ1) is 20.1. The van der Waals surface area contributed by atoms with Gasteiger partial charge in [0.2, 0.25) is 11.8 Å². The number of hydrogen-bond acceptors (Lipinski definition) is 5. The van der Waals surface area contributed by atoms with Crippen molar-refractivity contribution in [1.29, 1.82) is 0 Å². The fourth-order valence-corrected chi connectivity index (χ4v) is 2.52. The van der Waals surface area contributed by atoms with Crippen LogP contribution in [0.2, 0.25) is 0 Å². The van der Waals surface area contributed by atoms with Gasteiger partial charge in [-0.05, 0) is 29.8 Å². The Hall–Kier alpha value is -3.22. The van der Waals surface area contributed by atoms with E-state index in [2.05, 4.69) is 5.32 Å². The molecule has 0 aromatic heterocycles. The topological polar surface area (TPSA) is 77.1 Å². The maximum Gasteiger partial charge on any atom is 0.240 e. The number of benzene rings is 2. The Balaban J connectivity index is 2.09. The lowest BCUT2D eigenvalue weighted by Gasteiger charge is -2.23. The average molecular weight is 372 g/mol. The van der Waals surface area contributed by atoms with Gasteiger partial charge in [-0.3, -0.25) is 14.5 Å². The SMILES string of the molecule is COc1ccc(CNC(=O)CN(C(C)=O)c2cc(OC)ccc2OC)cc1. The Bertz CT molecular complexity index is 789. The second-order valence-corrected chi connectivity index (χ2v) is 5.77. The Kier molecular flexibility index (Phi) is 7.05. The van der Waals surface area contributed by atoms with Crippen molar-refractivity contribution in [3.05, 3.63) is 48.0 Å². The average Bonchev–Trinajstić information content (AvgIpc) is 2.70. The van der Waals surface area contributed by atoms with E-state index < -0.39 is 0 Å². The van der Waals surface area contributed by atoms with Crippen LogP contribution in [0.3, 0.4) is 0 Å². The van der Waals surface area contributed by atoms with E-state index in [1.54, 1.807) is 25.3 Å². The van der Waals surface area contributed by atoms with Crippen LogP contribution in [-0.4, -0.2) is 39.7 Å². The number of hydrogen-bond donors (Lipinski definition) is 1. The second kappa shape index (κ2) is 9.47. The minimum Gasteiger partial charge on any atom is -0.497 e. The molecule has 0 aliphatic heterocycles. The number of anilines is 1. The molecule has 7 nitrogen and oxygen atoms in total. The molecule has 0 aliphatic carbocycles. The van der Waals surface area contributed by atoms with Crippen LogP contribution < -0.4 is 24.4 Å². The van der Waals surface area contributed by atoms with Gasteiger partial charge in [-0.25, -0.2) is 0 Å². The Morgan fingerprint density at radius 3 is 2.11 bits per heavy atom. The van der Waals surface area contributed by atoms with E-state index in [0.29, 0.717) is 23.7 Å². The van der Waals surface area contributed by atoms with Crippen LogP contribution >= 0.6 is 0 Å². The van der Waals surface area contributed by atoms with Crippen molar-refractivity contribution < 1.29 is 23.8 Å². The van der Waals surface area contributed by atoms with Gasteiger partial charge in [0, 0.05) is 19.5 Å². The molecule has 2 aromatic rings. The van der Waals surface area contributed by atoms with Crippen LogP contribution in [0.1, 0.15) is 12.5 Å². The lowest BCUT2D eigenvalue weighted by atomic mass is 10.2. The molecule has 0 saturated heterocycles. The van der Waals surface area contributed by atoms with Gasteiger partial charge in [-0.1, -0.05) is 12.1 Å². The summed E-state index contributed by atoms with van der Waals surface area (Å²) in [6, 6.07) is 12.5. The van der Waals surface area contributed by atoms with Crippen LogP contribution in [0.5, 0.6) is 17.2 Å². The predicted molar refractivity (Wildman–Crippen MR) is 102 cm³/mol. The summed E-state index contributed by atoms with van der Waals surface area (Å²) >= 11 is 0. The summed E-state index contributed by atoms with van der Waals surface area (Å²) in [5.41, 5.74) is 1.40. The zero-order chi connectivity index (χ0) is 19.8. The third kappa shape index (κ3) is 5.37. The molecule has 0 spiro atoms. The molecule has 144 valence electrons. The minimum atomic E-state index is -0.286. The zero-order valence-electron chi connectivity index (χ0n) is 15.9. The first-order valence-electron chi connectivity index (χ1n) is 8.38. The van der Waals surface area contributed by atoms with Crippen molar-refractivity contribution in [1.82, 2.24) is 5.32 Å². The summed E-state index contributed by atoms with van der Waals surface area (Å²) in [5.74, 6) is 1.23. The summed E-state index contributed by atoms with van der Waals surface area (Å²) in [7, 11) is 4.64. The number of rotatable bonds is 8. The number of ether oxygens (including phenoxy) is 3. The molecule has 7 heteroatoms. The maximum atomic E-state index is 12.4. The van der Waals surface area contributed by atoms with Gasteiger partial charge in [0.15, 0.2) is 0 Å². The van der Waals surface area contributed by atoms with E-state index in [0.717, 1.165) is 11.3 Å². The first-order valence-corrected chi connectivity index (χ1v) is 8.38. The smallest absolute Gasteiger partial charge is 0.240 e. The van der Waals surface area contributed by atoms with Crippen molar-refractivity contribution in [2.75, 3.05) is 32.8 Å². The molecule has 0 saturated carbocycles. The summed E-state index contributed by atoms with van der Waals surface area (Å²) in [5, 5.41) is 2.81. The van der Waals surface area contributed by atoms with Gasteiger partial charge in [-0.2, -0.15) is 0 Å². The maximum absolute atomic E-state index is 12.4. The highest BCUT2D eigenvalue weighted by atomic mass is 16.5. The number of methoxy groups -OCH3 is 3. The van der Waals surface area contributed by atoms with Crippen molar-refractivity contribution in [2.45, 2.75) is 13.5 Å². The van der Waals surface area contributed by atoms with Crippen molar-refractivity contribution >= 4 is 17.5 Å². The van der Waals surface area contributed by atoms with E-state index in [-0.39, 0.29) is 18.4 Å². The molecule has 0 bridgehead atoms. The van der Waals surface area contributed by atoms with E-state index in [1.807, 2.05) is 24.3 Å². The molecule has 0 heterocycles. The van der Waals surface area contributed by atoms with Crippen molar-refractivity contribution in [3.63, 3.8) is 0 Å². The quantitative estimate of drug-likeness (QED) is 0.770. The van der Waals surface area contributed by atoms with Gasteiger partial charge < -0.3 is 19.5 Å². The third-order valence-electron chi connectivity index (χ3n) is 4.01. The van der Waals surface area contributed by atoms with Crippen LogP contribution in [0, 0.1) is 0 Å². The van der Waals surface area contributed by atoms with Gasteiger partial charge in [0.05, 0.1) is 27.0 Å². The molecule has 2 aromatic carbocycles. The molecular formula is C20H24N2O5. The third-order valence-corrected chi connectivity index (χ3v) is 4.01. The van der Waals surface area contributed by atoms with E-state index >= 15 is 0 Å². The largest absolute Gasteiger partial charge is 0.497 e. The molecule has 0 unspecified atom stereocenters. The molecule has 2 amide bonds. The molecule has 27 heavy (non-hydrogen) atoms. The van der Waals surface area contributed by atoms with Gasteiger partial charge in [0.1, 0.15) is 23.8 Å². The fourth-order valence-electron chi connectivity index (χ4n) is 2.52. The van der Waals surface area contributed by atoms with Crippen LogP contribution in [-0.2, 0) is 16.1 Å². The number of carbonyl (C=O) groups excluding carboxylic acids is 2. The molecular weight excluding hydrogens is 348 g/mol. The summed E-state index contributed by atoms with van der Waals surface area (Å²) < 4.78 is 15.6. The van der Waals surface area contributed by atoms with Gasteiger partial charge >= 0.3 is 0 Å². The van der Waals surface area contributed by atoms with Crippen LogP contribution in [0.25, 0.3) is 0 Å².